The van der Waals surface area contributed by atoms with Crippen LogP contribution < -0.4 is 11.2 Å². The number of nitrogens with two attached hydrogens (primary N) is 1. The number of rotatable bonds is 4. The van der Waals surface area contributed by atoms with Gasteiger partial charge in [-0.15, -0.1) is 0 Å². The Balaban J connectivity index is 2.23. The van der Waals surface area contributed by atoms with Gasteiger partial charge in [0.2, 0.25) is 0 Å². The maximum Gasteiger partial charge on any atom is 0.335 e. The van der Waals surface area contributed by atoms with Crippen molar-refractivity contribution >= 4 is 18.2 Å². The third-order valence-corrected chi connectivity index (χ3v) is 2.73. The van der Waals surface area contributed by atoms with Gasteiger partial charge in [0, 0.05) is 5.56 Å². The number of hydrogen-bond donors (Lipinski definition) is 3. The van der Waals surface area contributed by atoms with Crippen molar-refractivity contribution < 1.29 is 19.1 Å². The Hall–Kier alpha value is -3.09. The molecule has 0 aliphatic heterocycles. The van der Waals surface area contributed by atoms with Crippen molar-refractivity contribution in [1.82, 2.24) is 5.43 Å². The molecule has 2 amide bonds. The lowest BCUT2D eigenvalue weighted by Crippen LogP contribution is -2.24. The van der Waals surface area contributed by atoms with Crippen LogP contribution in [0.15, 0.2) is 39.9 Å². The molecule has 1 heterocycles. The zero-order valence-electron chi connectivity index (χ0n) is 11.2. The Bertz CT molecular complexity index is 719. The number of carboxylic acid groups (broad SMARTS) is 1. The largest absolute Gasteiger partial charge is 0.478 e. The Morgan fingerprint density at radius 2 is 2.10 bits per heavy atom. The fraction of sp³-hybridized carbons (Fsp3) is 0.0714. The number of primary amides is 1. The van der Waals surface area contributed by atoms with Gasteiger partial charge < -0.3 is 15.3 Å². The van der Waals surface area contributed by atoms with Crippen LogP contribution in [0.25, 0.3) is 11.3 Å². The highest BCUT2D eigenvalue weighted by molar-refractivity contribution is 5.89. The number of carbonyl (C=O) groups is 2. The monoisotopic (exact) mass is 287 g/mol. The molecule has 2 aromatic rings. The number of carboxylic acids is 1. The molecule has 0 saturated carbocycles. The van der Waals surface area contributed by atoms with Gasteiger partial charge in [0.15, 0.2) is 0 Å². The summed E-state index contributed by atoms with van der Waals surface area (Å²) in [5.74, 6) is 0.0277. The number of nitrogens with zero attached hydrogens (tertiary/aromatic N) is 1. The Morgan fingerprint density at radius 1 is 1.33 bits per heavy atom. The third-order valence-electron chi connectivity index (χ3n) is 2.73. The predicted molar refractivity (Wildman–Crippen MR) is 76.2 cm³/mol. The van der Waals surface area contributed by atoms with Crippen LogP contribution in [0.1, 0.15) is 21.7 Å². The summed E-state index contributed by atoms with van der Waals surface area (Å²) in [6.45, 7) is 1.80. The number of nitrogens with one attached hydrogen (secondary N) is 1. The van der Waals surface area contributed by atoms with Crippen LogP contribution in [0, 0.1) is 6.92 Å². The van der Waals surface area contributed by atoms with E-state index >= 15 is 0 Å². The van der Waals surface area contributed by atoms with Crippen molar-refractivity contribution in [3.05, 3.63) is 47.2 Å². The summed E-state index contributed by atoms with van der Waals surface area (Å²) in [4.78, 5) is 21.4. The van der Waals surface area contributed by atoms with Gasteiger partial charge in [-0.25, -0.2) is 15.0 Å². The lowest BCUT2D eigenvalue weighted by Gasteiger charge is -2.03. The topological polar surface area (TPSA) is 118 Å². The van der Waals surface area contributed by atoms with Crippen molar-refractivity contribution in [1.29, 1.82) is 0 Å². The van der Waals surface area contributed by atoms with Gasteiger partial charge in [-0.05, 0) is 36.8 Å². The maximum absolute atomic E-state index is 10.9. The van der Waals surface area contributed by atoms with Crippen molar-refractivity contribution in [2.75, 3.05) is 0 Å². The van der Waals surface area contributed by atoms with E-state index in [0.29, 0.717) is 11.5 Å². The van der Waals surface area contributed by atoms with E-state index in [-0.39, 0.29) is 5.56 Å². The van der Waals surface area contributed by atoms with Gasteiger partial charge in [0.05, 0.1) is 11.8 Å². The summed E-state index contributed by atoms with van der Waals surface area (Å²) in [7, 11) is 0. The molecule has 0 unspecified atom stereocenters. The number of hydrazone groups is 1. The van der Waals surface area contributed by atoms with Crippen LogP contribution in [-0.4, -0.2) is 23.3 Å². The average Bonchev–Trinajstić information content (AvgIpc) is 2.86. The molecule has 21 heavy (non-hydrogen) atoms. The lowest BCUT2D eigenvalue weighted by atomic mass is 10.0. The minimum atomic E-state index is -0.977. The standard InChI is InChI=1S/C14H13N3O4/c1-8-6-9(13(18)19)2-4-11(8)12-5-3-10(21-12)7-16-17-14(15)20/h2-7H,1H3,(H,18,19)(H3,15,17,20). The molecule has 0 radical (unpaired) electrons. The first-order valence-electron chi connectivity index (χ1n) is 6.00. The van der Waals surface area contributed by atoms with E-state index in [2.05, 4.69) is 10.5 Å². The van der Waals surface area contributed by atoms with E-state index in [1.807, 2.05) is 0 Å². The molecule has 108 valence electrons. The number of benzene rings is 1. The molecule has 0 atom stereocenters. The molecule has 0 spiro atoms. The molecular formula is C14H13N3O4. The van der Waals surface area contributed by atoms with E-state index in [4.69, 9.17) is 15.3 Å². The summed E-state index contributed by atoms with van der Waals surface area (Å²) in [5, 5.41) is 12.5. The number of furan rings is 1. The molecule has 0 aliphatic rings. The van der Waals surface area contributed by atoms with E-state index in [1.54, 1.807) is 31.2 Å². The number of aryl methyl sites for hydroxylation is 1. The first-order valence-corrected chi connectivity index (χ1v) is 6.00. The molecule has 2 rings (SSSR count). The van der Waals surface area contributed by atoms with Gasteiger partial charge in [0.1, 0.15) is 11.5 Å². The first-order chi connectivity index (χ1) is 9.97. The van der Waals surface area contributed by atoms with Gasteiger partial charge in [-0.1, -0.05) is 6.07 Å². The molecule has 1 aromatic carbocycles. The highest BCUT2D eigenvalue weighted by atomic mass is 16.4. The van der Waals surface area contributed by atoms with Crippen LogP contribution >= 0.6 is 0 Å². The molecule has 0 saturated heterocycles. The number of urea groups is 1. The van der Waals surface area contributed by atoms with Crippen LogP contribution in [0.2, 0.25) is 0 Å². The number of amides is 2. The summed E-state index contributed by atoms with van der Waals surface area (Å²) >= 11 is 0. The zero-order valence-corrected chi connectivity index (χ0v) is 11.2. The number of hydrogen-bond acceptors (Lipinski definition) is 4. The average molecular weight is 287 g/mol. The fourth-order valence-corrected chi connectivity index (χ4v) is 1.80. The molecule has 0 bridgehead atoms. The van der Waals surface area contributed by atoms with Crippen molar-refractivity contribution in [3.63, 3.8) is 0 Å². The second-order valence-corrected chi connectivity index (χ2v) is 4.27. The molecule has 4 N–H and O–H groups in total. The fourth-order valence-electron chi connectivity index (χ4n) is 1.80. The van der Waals surface area contributed by atoms with Gasteiger partial charge >= 0.3 is 12.0 Å². The van der Waals surface area contributed by atoms with Crippen molar-refractivity contribution in [3.8, 4) is 11.3 Å². The quantitative estimate of drug-likeness (QED) is 0.588. The summed E-state index contributed by atoms with van der Waals surface area (Å²) in [5.41, 5.74) is 8.70. The summed E-state index contributed by atoms with van der Waals surface area (Å²) in [6.07, 6.45) is 1.31. The molecule has 7 heteroatoms. The van der Waals surface area contributed by atoms with Crippen molar-refractivity contribution in [2.45, 2.75) is 6.92 Å². The summed E-state index contributed by atoms with van der Waals surface area (Å²) < 4.78 is 5.54. The second kappa shape index (κ2) is 5.91. The zero-order chi connectivity index (χ0) is 15.4. The lowest BCUT2D eigenvalue weighted by molar-refractivity contribution is 0.0696. The van der Waals surface area contributed by atoms with Gasteiger partial charge in [0.25, 0.3) is 0 Å². The van der Waals surface area contributed by atoms with E-state index in [0.717, 1.165) is 11.1 Å². The Morgan fingerprint density at radius 3 is 2.71 bits per heavy atom. The Kier molecular flexibility index (Phi) is 4.03. The van der Waals surface area contributed by atoms with Crippen LogP contribution in [0.4, 0.5) is 4.79 Å². The van der Waals surface area contributed by atoms with E-state index in [9.17, 15) is 9.59 Å². The number of carbonyl (C=O) groups excluding carboxylic acids is 1. The molecular weight excluding hydrogens is 274 g/mol. The smallest absolute Gasteiger partial charge is 0.335 e. The molecule has 0 aliphatic carbocycles. The number of aromatic carboxylic acids is 1. The van der Waals surface area contributed by atoms with Crippen molar-refractivity contribution in [2.24, 2.45) is 10.8 Å². The molecule has 0 fully saturated rings. The van der Waals surface area contributed by atoms with Gasteiger partial charge in [-0.2, -0.15) is 5.10 Å². The first kappa shape index (κ1) is 14.3. The van der Waals surface area contributed by atoms with Gasteiger partial charge in [-0.3, -0.25) is 0 Å². The highest BCUT2D eigenvalue weighted by Crippen LogP contribution is 2.26. The van der Waals surface area contributed by atoms with E-state index in [1.165, 1.54) is 12.3 Å². The van der Waals surface area contributed by atoms with Crippen LogP contribution in [-0.2, 0) is 0 Å². The maximum atomic E-state index is 10.9. The third kappa shape index (κ3) is 3.47. The normalized spacial score (nSPS) is 10.7. The van der Waals surface area contributed by atoms with E-state index < -0.39 is 12.0 Å². The molecule has 7 nitrogen and oxygen atoms in total. The van der Waals surface area contributed by atoms with Crippen LogP contribution in [0.5, 0.6) is 0 Å². The second-order valence-electron chi connectivity index (χ2n) is 4.27. The Labute approximate surface area is 120 Å². The molecule has 1 aromatic heterocycles. The highest BCUT2D eigenvalue weighted by Gasteiger charge is 2.10. The van der Waals surface area contributed by atoms with Crippen LogP contribution in [0.3, 0.4) is 0 Å². The predicted octanol–water partition coefficient (Wildman–Crippen LogP) is 1.96. The SMILES string of the molecule is Cc1cc(C(=O)O)ccc1-c1ccc(C=NNC(N)=O)o1. The minimum Gasteiger partial charge on any atom is -0.478 e. The summed E-state index contributed by atoms with van der Waals surface area (Å²) in [6, 6.07) is 7.40. The minimum absolute atomic E-state index is 0.218.